The molecular weight excluding hydrogens is 472 g/mol. The minimum absolute atomic E-state index is 0.0244. The van der Waals surface area contributed by atoms with Gasteiger partial charge in [0.15, 0.2) is 5.65 Å². The van der Waals surface area contributed by atoms with Crippen LogP contribution in [-0.4, -0.2) is 63.5 Å². The van der Waals surface area contributed by atoms with Crippen LogP contribution in [0.25, 0.3) is 5.65 Å². The first-order valence-electron chi connectivity index (χ1n) is 12.5. The van der Waals surface area contributed by atoms with E-state index in [4.69, 9.17) is 14.5 Å². The molecule has 3 heterocycles. The highest BCUT2D eigenvalue weighted by Gasteiger charge is 2.28. The molecule has 10 nitrogen and oxygen atoms in total. The Hall–Kier alpha value is -3.82. The number of ether oxygens (including phenoxy) is 2. The molecule has 37 heavy (non-hydrogen) atoms. The number of aromatic nitrogens is 3. The van der Waals surface area contributed by atoms with Crippen LogP contribution in [0.3, 0.4) is 0 Å². The van der Waals surface area contributed by atoms with E-state index in [1.54, 1.807) is 11.6 Å². The summed E-state index contributed by atoms with van der Waals surface area (Å²) in [5.74, 6) is 0.856. The predicted octanol–water partition coefficient (Wildman–Crippen LogP) is 4.47. The lowest BCUT2D eigenvalue weighted by Gasteiger charge is -2.27. The summed E-state index contributed by atoms with van der Waals surface area (Å²) >= 11 is 0. The van der Waals surface area contributed by atoms with Crippen molar-refractivity contribution < 1.29 is 19.1 Å². The summed E-state index contributed by atoms with van der Waals surface area (Å²) in [6, 6.07) is 11.2. The summed E-state index contributed by atoms with van der Waals surface area (Å²) in [5.41, 5.74) is 2.77. The highest BCUT2D eigenvalue weighted by molar-refractivity contribution is 5.69. The molecule has 1 fully saturated rings. The third-order valence-electron chi connectivity index (χ3n) is 6.34. The molecule has 4 rings (SSSR count). The second-order valence-corrected chi connectivity index (χ2v) is 10.5. The van der Waals surface area contributed by atoms with Crippen molar-refractivity contribution >= 4 is 23.7 Å². The molecule has 2 amide bonds. The number of carbonyl (C=O) groups is 2. The Morgan fingerprint density at radius 1 is 1.24 bits per heavy atom. The SMILES string of the molecule is Cc1cn2nc([C@H](C)N(C)C(=O)OC(C)(C)C)cc2nc1N1CC[C@H](NC(=O)OCc2ccccc2)C1. The van der Waals surface area contributed by atoms with Gasteiger partial charge in [-0.25, -0.2) is 19.1 Å². The molecule has 10 heteroatoms. The number of aryl methyl sites for hydroxylation is 1. The number of nitrogens with one attached hydrogen (secondary N) is 1. The minimum atomic E-state index is -0.571. The third-order valence-corrected chi connectivity index (χ3v) is 6.34. The van der Waals surface area contributed by atoms with Crippen LogP contribution in [0.2, 0.25) is 0 Å². The molecule has 3 aromatic rings. The number of rotatable bonds is 6. The molecule has 0 saturated carbocycles. The highest BCUT2D eigenvalue weighted by Crippen LogP contribution is 2.26. The summed E-state index contributed by atoms with van der Waals surface area (Å²) in [5, 5.41) is 7.62. The van der Waals surface area contributed by atoms with Crippen molar-refractivity contribution in [3.8, 4) is 0 Å². The van der Waals surface area contributed by atoms with Gasteiger partial charge in [-0.15, -0.1) is 0 Å². The molecular formula is C27H36N6O4. The zero-order chi connectivity index (χ0) is 26.7. The maximum atomic E-state index is 12.5. The Morgan fingerprint density at radius 3 is 2.68 bits per heavy atom. The van der Waals surface area contributed by atoms with Crippen molar-refractivity contribution in [3.63, 3.8) is 0 Å². The molecule has 2 atom stereocenters. The van der Waals surface area contributed by atoms with Crippen LogP contribution < -0.4 is 10.2 Å². The molecule has 1 aromatic carbocycles. The van der Waals surface area contributed by atoms with Crippen LogP contribution in [0.15, 0.2) is 42.6 Å². The zero-order valence-corrected chi connectivity index (χ0v) is 22.4. The average molecular weight is 509 g/mol. The first-order chi connectivity index (χ1) is 17.5. The molecule has 1 N–H and O–H groups in total. The number of carbonyl (C=O) groups excluding carboxylic acids is 2. The highest BCUT2D eigenvalue weighted by atomic mass is 16.6. The summed E-state index contributed by atoms with van der Waals surface area (Å²) in [6.07, 6.45) is 1.92. The number of hydrogen-bond acceptors (Lipinski definition) is 7. The predicted molar refractivity (Wildman–Crippen MR) is 141 cm³/mol. The number of nitrogens with zero attached hydrogens (tertiary/aromatic N) is 5. The zero-order valence-electron chi connectivity index (χ0n) is 22.4. The molecule has 198 valence electrons. The van der Waals surface area contributed by atoms with Gasteiger partial charge in [-0.1, -0.05) is 30.3 Å². The van der Waals surface area contributed by atoms with Crippen molar-refractivity contribution in [2.24, 2.45) is 0 Å². The molecule has 0 radical (unpaired) electrons. The van der Waals surface area contributed by atoms with Gasteiger partial charge in [-0.2, -0.15) is 5.10 Å². The van der Waals surface area contributed by atoms with Gasteiger partial charge in [-0.05, 0) is 46.6 Å². The van der Waals surface area contributed by atoms with Crippen LogP contribution >= 0.6 is 0 Å². The van der Waals surface area contributed by atoms with Gasteiger partial charge in [0.2, 0.25) is 0 Å². The monoisotopic (exact) mass is 508 g/mol. The first-order valence-corrected chi connectivity index (χ1v) is 12.5. The van der Waals surface area contributed by atoms with Crippen molar-refractivity contribution in [3.05, 3.63) is 59.4 Å². The lowest BCUT2D eigenvalue weighted by molar-refractivity contribution is 0.0230. The van der Waals surface area contributed by atoms with E-state index < -0.39 is 17.8 Å². The van der Waals surface area contributed by atoms with E-state index in [1.807, 2.05) is 77.2 Å². The largest absolute Gasteiger partial charge is 0.445 e. The van der Waals surface area contributed by atoms with Crippen LogP contribution in [-0.2, 0) is 16.1 Å². The number of fused-ring (bicyclic) bond motifs is 1. The maximum absolute atomic E-state index is 12.5. The number of amides is 2. The fourth-order valence-electron chi connectivity index (χ4n) is 4.24. The summed E-state index contributed by atoms with van der Waals surface area (Å²) in [6.45, 7) is 11.1. The van der Waals surface area contributed by atoms with E-state index in [0.717, 1.165) is 35.6 Å². The van der Waals surface area contributed by atoms with Gasteiger partial charge in [0, 0.05) is 38.0 Å². The van der Waals surface area contributed by atoms with Crippen LogP contribution in [0.4, 0.5) is 15.4 Å². The molecule has 0 aliphatic carbocycles. The summed E-state index contributed by atoms with van der Waals surface area (Å²) in [4.78, 5) is 33.4. The van der Waals surface area contributed by atoms with Crippen molar-refractivity contribution in [1.82, 2.24) is 24.8 Å². The van der Waals surface area contributed by atoms with E-state index >= 15 is 0 Å². The Kier molecular flexibility index (Phi) is 7.56. The fourth-order valence-corrected chi connectivity index (χ4v) is 4.24. The Labute approximate surface area is 217 Å². The van der Waals surface area contributed by atoms with Gasteiger partial charge in [0.25, 0.3) is 0 Å². The number of hydrogen-bond donors (Lipinski definition) is 1. The third kappa shape index (κ3) is 6.49. The lowest BCUT2D eigenvalue weighted by Crippen LogP contribution is -2.37. The first kappa shape index (κ1) is 26.2. The number of anilines is 1. The van der Waals surface area contributed by atoms with E-state index in [9.17, 15) is 9.59 Å². The Morgan fingerprint density at radius 2 is 1.97 bits per heavy atom. The minimum Gasteiger partial charge on any atom is -0.445 e. The van der Waals surface area contributed by atoms with Crippen LogP contribution in [0, 0.1) is 6.92 Å². The normalized spacial score (nSPS) is 16.5. The molecule has 0 spiro atoms. The van der Waals surface area contributed by atoms with E-state index in [0.29, 0.717) is 12.2 Å². The Bertz CT molecular complexity index is 1250. The van der Waals surface area contributed by atoms with Crippen molar-refractivity contribution in [2.45, 2.75) is 65.3 Å². The smallest absolute Gasteiger partial charge is 0.410 e. The quantitative estimate of drug-likeness (QED) is 0.524. The van der Waals surface area contributed by atoms with Crippen LogP contribution in [0.1, 0.15) is 57.0 Å². The molecule has 1 aliphatic rings. The molecule has 1 saturated heterocycles. The molecule has 2 aromatic heterocycles. The van der Waals surface area contributed by atoms with E-state index in [1.165, 1.54) is 4.90 Å². The van der Waals surface area contributed by atoms with Crippen molar-refractivity contribution in [2.75, 3.05) is 25.0 Å². The second kappa shape index (κ2) is 10.7. The van der Waals surface area contributed by atoms with E-state index in [2.05, 4.69) is 15.3 Å². The van der Waals surface area contributed by atoms with Gasteiger partial charge in [0.1, 0.15) is 18.0 Å². The fraction of sp³-hybridized carbons (Fsp3) is 0.481. The number of alkyl carbamates (subject to hydrolysis) is 1. The van der Waals surface area contributed by atoms with Gasteiger partial charge < -0.3 is 24.6 Å². The van der Waals surface area contributed by atoms with E-state index in [-0.39, 0.29) is 18.7 Å². The molecule has 0 unspecified atom stereocenters. The topological polar surface area (TPSA) is 101 Å². The Balaban J connectivity index is 1.39. The molecule has 1 aliphatic heterocycles. The second-order valence-electron chi connectivity index (χ2n) is 10.5. The molecule has 0 bridgehead atoms. The average Bonchev–Trinajstić information content (AvgIpc) is 3.47. The van der Waals surface area contributed by atoms with Crippen molar-refractivity contribution in [1.29, 1.82) is 0 Å². The number of benzene rings is 1. The van der Waals surface area contributed by atoms with Gasteiger partial charge in [0.05, 0.1) is 17.8 Å². The summed E-state index contributed by atoms with van der Waals surface area (Å²) < 4.78 is 12.6. The van der Waals surface area contributed by atoms with Crippen LogP contribution in [0.5, 0.6) is 0 Å². The van der Waals surface area contributed by atoms with Gasteiger partial charge in [-0.3, -0.25) is 0 Å². The lowest BCUT2D eigenvalue weighted by atomic mass is 10.2. The standard InChI is InChI=1S/C27H36N6O4/c1-18-15-33-23(14-22(30-33)19(2)31(6)26(35)37-27(3,4)5)29-24(18)32-13-12-21(16-32)28-25(34)36-17-20-10-8-7-9-11-20/h7-11,14-15,19,21H,12-13,16-17H2,1-6H3,(H,28,34)/t19-,21-/m0/s1. The van der Waals surface area contributed by atoms with Gasteiger partial charge >= 0.3 is 12.2 Å². The maximum Gasteiger partial charge on any atom is 0.410 e. The summed E-state index contributed by atoms with van der Waals surface area (Å²) in [7, 11) is 1.70.